The van der Waals surface area contributed by atoms with Crippen LogP contribution in [0.5, 0.6) is 0 Å². The lowest BCUT2D eigenvalue weighted by Crippen LogP contribution is -2.30. The minimum atomic E-state index is 0.896. The summed E-state index contributed by atoms with van der Waals surface area (Å²) in [6, 6.07) is 6.89. The molecule has 0 amide bonds. The molecule has 0 aliphatic heterocycles. The second-order valence-corrected chi connectivity index (χ2v) is 6.03. The molecule has 110 valence electrons. The van der Waals surface area contributed by atoms with Gasteiger partial charge in [0.1, 0.15) is 0 Å². The summed E-state index contributed by atoms with van der Waals surface area (Å²) in [6.45, 7) is 4.84. The van der Waals surface area contributed by atoms with Gasteiger partial charge in [-0.25, -0.2) is 5.01 Å². The summed E-state index contributed by atoms with van der Waals surface area (Å²) in [5.41, 5.74) is 7.27. The first-order chi connectivity index (χ1) is 9.72. The van der Waals surface area contributed by atoms with E-state index in [1.165, 1.54) is 55.2 Å². The van der Waals surface area contributed by atoms with Crippen LogP contribution in [0.15, 0.2) is 24.8 Å². The average molecular weight is 272 g/mol. The topological polar surface area (TPSA) is 15.3 Å². The van der Waals surface area contributed by atoms with Crippen LogP contribution in [0, 0.1) is 5.92 Å². The van der Waals surface area contributed by atoms with Crippen molar-refractivity contribution in [2.24, 2.45) is 5.92 Å². The molecule has 1 aromatic rings. The van der Waals surface area contributed by atoms with Gasteiger partial charge in [-0.3, -0.25) is 5.43 Å². The molecule has 1 saturated carbocycles. The number of rotatable bonds is 6. The maximum Gasteiger partial charge on any atom is 0.0384 e. The number of hydrogen-bond acceptors (Lipinski definition) is 2. The van der Waals surface area contributed by atoms with Crippen LogP contribution in [0.25, 0.3) is 6.08 Å². The number of hydrogen-bond donors (Lipinski definition) is 1. The normalized spacial score (nSPS) is 16.6. The van der Waals surface area contributed by atoms with Gasteiger partial charge in [0.05, 0.1) is 0 Å². The summed E-state index contributed by atoms with van der Waals surface area (Å²) in [5, 5.41) is 2.10. The highest BCUT2D eigenvalue weighted by Crippen LogP contribution is 2.27. The van der Waals surface area contributed by atoms with E-state index in [-0.39, 0.29) is 0 Å². The Bertz CT molecular complexity index is 433. The third kappa shape index (κ3) is 4.19. The first-order valence-corrected chi connectivity index (χ1v) is 7.85. The van der Waals surface area contributed by atoms with Crippen molar-refractivity contribution in [3.05, 3.63) is 41.5 Å². The molecule has 20 heavy (non-hydrogen) atoms. The van der Waals surface area contributed by atoms with Gasteiger partial charge < -0.3 is 0 Å². The van der Waals surface area contributed by atoms with E-state index in [0.29, 0.717) is 0 Å². The van der Waals surface area contributed by atoms with Crippen LogP contribution in [0.3, 0.4) is 0 Å². The molecule has 0 spiro atoms. The Morgan fingerprint density at radius 2 is 2.05 bits per heavy atom. The monoisotopic (exact) mass is 272 g/mol. The molecule has 1 aliphatic carbocycles. The number of benzene rings is 1. The van der Waals surface area contributed by atoms with E-state index in [4.69, 9.17) is 0 Å². The lowest BCUT2D eigenvalue weighted by Gasteiger charge is -2.22. The smallest absolute Gasteiger partial charge is 0.0384 e. The molecule has 2 heteroatoms. The van der Waals surface area contributed by atoms with E-state index in [2.05, 4.69) is 42.3 Å². The quantitative estimate of drug-likeness (QED) is 0.787. The van der Waals surface area contributed by atoms with E-state index in [1.807, 2.05) is 13.1 Å². The van der Waals surface area contributed by atoms with E-state index < -0.39 is 0 Å². The van der Waals surface area contributed by atoms with Crippen molar-refractivity contribution >= 4 is 6.08 Å². The summed E-state index contributed by atoms with van der Waals surface area (Å²) in [5.74, 6) is 0.896. The summed E-state index contributed by atoms with van der Waals surface area (Å²) in [7, 11) is 4.03. The maximum atomic E-state index is 3.93. The molecule has 0 radical (unpaired) electrons. The van der Waals surface area contributed by atoms with Crippen molar-refractivity contribution in [2.45, 2.75) is 45.1 Å². The Hall–Kier alpha value is -1.12. The molecule has 0 heterocycles. The first kappa shape index (κ1) is 15.3. The van der Waals surface area contributed by atoms with E-state index in [9.17, 15) is 0 Å². The molecule has 0 unspecified atom stereocenters. The SMILES string of the molecule is C=Cc1ccc(CC2CCCCC2)cc1CN(C)NC. The molecule has 0 aromatic heterocycles. The van der Waals surface area contributed by atoms with Crippen molar-refractivity contribution in [2.75, 3.05) is 14.1 Å². The molecular formula is C18H28N2. The highest BCUT2D eigenvalue weighted by molar-refractivity contribution is 5.53. The maximum absolute atomic E-state index is 3.93. The third-order valence-electron chi connectivity index (χ3n) is 4.47. The highest BCUT2D eigenvalue weighted by atomic mass is 15.5. The molecule has 0 saturated heterocycles. The summed E-state index contributed by atoms with van der Waals surface area (Å²) < 4.78 is 0. The molecule has 1 aromatic carbocycles. The van der Waals surface area contributed by atoms with E-state index in [0.717, 1.165) is 12.5 Å². The average Bonchev–Trinajstić information content (AvgIpc) is 2.48. The molecule has 2 nitrogen and oxygen atoms in total. The standard InChI is InChI=1S/C18H28N2/c1-4-17-11-10-16(12-15-8-6-5-7-9-15)13-18(17)14-20(3)19-2/h4,10-11,13,15,19H,1,5-9,12,14H2,2-3H3. The first-order valence-electron chi connectivity index (χ1n) is 7.85. The van der Waals surface area contributed by atoms with Gasteiger partial charge >= 0.3 is 0 Å². The zero-order chi connectivity index (χ0) is 14.4. The van der Waals surface area contributed by atoms with Gasteiger partial charge in [0.25, 0.3) is 0 Å². The van der Waals surface area contributed by atoms with Gasteiger partial charge in [0.2, 0.25) is 0 Å². The van der Waals surface area contributed by atoms with Gasteiger partial charge in [-0.1, -0.05) is 63.0 Å². The zero-order valence-corrected chi connectivity index (χ0v) is 13.0. The zero-order valence-electron chi connectivity index (χ0n) is 13.0. The van der Waals surface area contributed by atoms with E-state index >= 15 is 0 Å². The van der Waals surface area contributed by atoms with Gasteiger partial charge in [-0.05, 0) is 36.1 Å². The summed E-state index contributed by atoms with van der Waals surface area (Å²) in [6.07, 6.45) is 10.3. The van der Waals surface area contributed by atoms with Crippen molar-refractivity contribution in [1.82, 2.24) is 10.4 Å². The van der Waals surface area contributed by atoms with Crippen LogP contribution in [0.4, 0.5) is 0 Å². The lowest BCUT2D eigenvalue weighted by molar-refractivity contribution is 0.251. The highest BCUT2D eigenvalue weighted by Gasteiger charge is 2.14. The van der Waals surface area contributed by atoms with Crippen LogP contribution in [-0.2, 0) is 13.0 Å². The fourth-order valence-electron chi connectivity index (χ4n) is 3.18. The van der Waals surface area contributed by atoms with Gasteiger partial charge in [-0.15, -0.1) is 0 Å². The Kier molecular flexibility index (Phi) is 5.81. The minimum Gasteiger partial charge on any atom is -0.258 e. The van der Waals surface area contributed by atoms with Gasteiger partial charge in [0, 0.05) is 13.6 Å². The molecule has 0 bridgehead atoms. The van der Waals surface area contributed by atoms with Crippen molar-refractivity contribution in [1.29, 1.82) is 0 Å². The third-order valence-corrected chi connectivity index (χ3v) is 4.47. The van der Waals surface area contributed by atoms with E-state index in [1.54, 1.807) is 0 Å². The number of nitrogens with one attached hydrogen (secondary N) is 1. The Morgan fingerprint density at radius 3 is 2.70 bits per heavy atom. The van der Waals surface area contributed by atoms with Crippen LogP contribution >= 0.6 is 0 Å². The molecule has 2 rings (SSSR count). The fraction of sp³-hybridized carbons (Fsp3) is 0.556. The second kappa shape index (κ2) is 7.61. The summed E-state index contributed by atoms with van der Waals surface area (Å²) in [4.78, 5) is 0. The molecule has 1 fully saturated rings. The van der Waals surface area contributed by atoms with Gasteiger partial charge in [-0.2, -0.15) is 0 Å². The predicted octanol–water partition coefficient (Wildman–Crippen LogP) is 4.02. The second-order valence-electron chi connectivity index (χ2n) is 6.03. The van der Waals surface area contributed by atoms with Gasteiger partial charge in [0.15, 0.2) is 0 Å². The van der Waals surface area contributed by atoms with Crippen LogP contribution in [-0.4, -0.2) is 19.1 Å². The number of nitrogens with zero attached hydrogens (tertiary/aromatic N) is 1. The fourth-order valence-corrected chi connectivity index (χ4v) is 3.18. The predicted molar refractivity (Wildman–Crippen MR) is 87.3 cm³/mol. The minimum absolute atomic E-state index is 0.896. The largest absolute Gasteiger partial charge is 0.258 e. The Balaban J connectivity index is 2.09. The Morgan fingerprint density at radius 1 is 1.30 bits per heavy atom. The van der Waals surface area contributed by atoms with Crippen molar-refractivity contribution in [3.63, 3.8) is 0 Å². The van der Waals surface area contributed by atoms with Crippen LogP contribution in [0.2, 0.25) is 0 Å². The lowest BCUT2D eigenvalue weighted by atomic mass is 9.84. The van der Waals surface area contributed by atoms with Crippen molar-refractivity contribution in [3.8, 4) is 0 Å². The molecular weight excluding hydrogens is 244 g/mol. The number of hydrazine groups is 1. The Labute approximate surface area is 123 Å². The molecule has 1 N–H and O–H groups in total. The molecule has 0 atom stereocenters. The van der Waals surface area contributed by atoms with Crippen LogP contribution < -0.4 is 5.43 Å². The molecule has 1 aliphatic rings. The summed E-state index contributed by atoms with van der Waals surface area (Å²) >= 11 is 0. The van der Waals surface area contributed by atoms with Crippen molar-refractivity contribution < 1.29 is 0 Å². The van der Waals surface area contributed by atoms with Crippen LogP contribution in [0.1, 0.15) is 48.8 Å².